The van der Waals surface area contributed by atoms with Crippen molar-refractivity contribution >= 4 is 0 Å². The zero-order valence-electron chi connectivity index (χ0n) is 14.5. The lowest BCUT2D eigenvalue weighted by molar-refractivity contribution is -0.240. The molecule has 2 heteroatoms. The van der Waals surface area contributed by atoms with Crippen molar-refractivity contribution in [3.05, 3.63) is 23.7 Å². The molecule has 122 valence electrons. The Balaban J connectivity index is 1.80. The van der Waals surface area contributed by atoms with Crippen molar-refractivity contribution in [1.29, 1.82) is 0 Å². The molecule has 3 aliphatic carbocycles. The molecule has 2 fully saturated rings. The van der Waals surface area contributed by atoms with E-state index in [0.717, 1.165) is 32.1 Å². The summed E-state index contributed by atoms with van der Waals surface area (Å²) in [6.07, 6.45) is 8.56. The molecule has 3 aliphatic rings. The highest BCUT2D eigenvalue weighted by Gasteiger charge is 2.65. The van der Waals surface area contributed by atoms with E-state index in [1.54, 1.807) is 0 Å². The molecule has 5 unspecified atom stereocenters. The summed E-state index contributed by atoms with van der Waals surface area (Å²) in [6, 6.07) is 2.17. The van der Waals surface area contributed by atoms with E-state index in [4.69, 9.17) is 4.42 Å². The Bertz CT molecular complexity index is 586. The van der Waals surface area contributed by atoms with Crippen molar-refractivity contribution in [1.82, 2.24) is 0 Å². The van der Waals surface area contributed by atoms with E-state index >= 15 is 0 Å². The predicted octanol–water partition coefficient (Wildman–Crippen LogP) is 4.91. The minimum Gasteiger partial charge on any atom is -0.469 e. The van der Waals surface area contributed by atoms with Crippen molar-refractivity contribution in [2.24, 2.45) is 22.7 Å². The SMILES string of the molecule is CC1c2ccoc2CC2C1CCC1(O)C(C)(C)CCCC21C. The first kappa shape index (κ1) is 14.8. The van der Waals surface area contributed by atoms with Gasteiger partial charge in [0.05, 0.1) is 11.9 Å². The topological polar surface area (TPSA) is 33.4 Å². The second-order valence-corrected chi connectivity index (χ2v) is 9.12. The third-order valence-electron chi connectivity index (χ3n) is 8.05. The zero-order chi connectivity index (χ0) is 15.8. The van der Waals surface area contributed by atoms with E-state index in [1.165, 1.54) is 17.7 Å². The molecule has 0 aliphatic heterocycles. The molecule has 22 heavy (non-hydrogen) atoms. The van der Waals surface area contributed by atoms with Crippen molar-refractivity contribution in [2.45, 2.75) is 77.7 Å². The van der Waals surface area contributed by atoms with Crippen molar-refractivity contribution in [3.8, 4) is 0 Å². The van der Waals surface area contributed by atoms with Gasteiger partial charge in [-0.1, -0.05) is 34.1 Å². The molecule has 4 rings (SSSR count). The molecule has 5 atom stereocenters. The molecule has 0 aromatic carbocycles. The molecule has 1 N–H and O–H groups in total. The lowest BCUT2D eigenvalue weighted by Gasteiger charge is -2.65. The molecule has 2 nitrogen and oxygen atoms in total. The maximum absolute atomic E-state index is 11.8. The predicted molar refractivity (Wildman–Crippen MR) is 87.7 cm³/mol. The summed E-state index contributed by atoms with van der Waals surface area (Å²) >= 11 is 0. The molecular formula is C20H30O2. The molecule has 1 aromatic rings. The maximum atomic E-state index is 11.8. The highest BCUT2D eigenvalue weighted by Crippen LogP contribution is 2.66. The van der Waals surface area contributed by atoms with E-state index in [-0.39, 0.29) is 10.8 Å². The highest BCUT2D eigenvalue weighted by atomic mass is 16.3. The first-order valence-corrected chi connectivity index (χ1v) is 9.09. The van der Waals surface area contributed by atoms with E-state index < -0.39 is 5.60 Å². The van der Waals surface area contributed by atoms with Crippen LogP contribution < -0.4 is 0 Å². The number of fused-ring (bicyclic) bond motifs is 4. The Hall–Kier alpha value is -0.760. The number of rotatable bonds is 0. The largest absolute Gasteiger partial charge is 0.469 e. The fourth-order valence-corrected chi connectivity index (χ4v) is 6.58. The standard InChI is InChI=1S/C20H30O2/c1-13-14-6-10-20(21)18(2,3)8-5-9-19(20,4)16(14)12-17-15(13)7-11-22-17/h7,11,13-14,16,21H,5-6,8-10,12H2,1-4H3. The van der Waals surface area contributed by atoms with Crippen LogP contribution in [0.4, 0.5) is 0 Å². The zero-order valence-corrected chi connectivity index (χ0v) is 14.5. The van der Waals surface area contributed by atoms with E-state index in [0.29, 0.717) is 17.8 Å². The molecular weight excluding hydrogens is 272 g/mol. The Labute approximate surface area is 134 Å². The second kappa shape index (κ2) is 4.41. The first-order valence-electron chi connectivity index (χ1n) is 9.09. The average Bonchev–Trinajstić information content (AvgIpc) is 2.91. The summed E-state index contributed by atoms with van der Waals surface area (Å²) in [5.41, 5.74) is 0.947. The van der Waals surface area contributed by atoms with Gasteiger partial charge in [0.25, 0.3) is 0 Å². The second-order valence-electron chi connectivity index (χ2n) is 9.12. The Morgan fingerprint density at radius 1 is 1.18 bits per heavy atom. The van der Waals surface area contributed by atoms with E-state index in [2.05, 4.69) is 33.8 Å². The summed E-state index contributed by atoms with van der Waals surface area (Å²) in [5.74, 6) is 3.00. The van der Waals surface area contributed by atoms with Crippen LogP contribution in [-0.2, 0) is 6.42 Å². The molecule has 0 amide bonds. The van der Waals surface area contributed by atoms with Gasteiger partial charge in [0.15, 0.2) is 0 Å². The van der Waals surface area contributed by atoms with Crippen LogP contribution in [-0.4, -0.2) is 10.7 Å². The first-order chi connectivity index (χ1) is 10.3. The number of furan rings is 1. The fourth-order valence-electron chi connectivity index (χ4n) is 6.58. The minimum atomic E-state index is -0.525. The summed E-state index contributed by atoms with van der Waals surface area (Å²) in [7, 11) is 0. The van der Waals surface area contributed by atoms with Crippen LogP contribution in [0.5, 0.6) is 0 Å². The normalized spacial score (nSPS) is 46.5. The van der Waals surface area contributed by atoms with Gasteiger partial charge in [0.1, 0.15) is 5.76 Å². The van der Waals surface area contributed by atoms with Gasteiger partial charge in [0, 0.05) is 11.8 Å². The van der Waals surface area contributed by atoms with Gasteiger partial charge < -0.3 is 9.52 Å². The van der Waals surface area contributed by atoms with Gasteiger partial charge in [-0.3, -0.25) is 0 Å². The molecule has 0 saturated heterocycles. The lowest BCUT2D eigenvalue weighted by Crippen LogP contribution is -2.66. The summed E-state index contributed by atoms with van der Waals surface area (Å²) in [5, 5.41) is 11.8. The average molecular weight is 302 g/mol. The van der Waals surface area contributed by atoms with Gasteiger partial charge in [0.2, 0.25) is 0 Å². The van der Waals surface area contributed by atoms with Crippen molar-refractivity contribution in [3.63, 3.8) is 0 Å². The van der Waals surface area contributed by atoms with Crippen LogP contribution in [0.1, 0.15) is 77.0 Å². The molecule has 0 radical (unpaired) electrons. The number of hydrogen-bond donors (Lipinski definition) is 1. The molecule has 1 heterocycles. The molecule has 1 aromatic heterocycles. The van der Waals surface area contributed by atoms with Crippen LogP contribution in [0.3, 0.4) is 0 Å². The summed E-state index contributed by atoms with van der Waals surface area (Å²) in [4.78, 5) is 0. The Morgan fingerprint density at radius 2 is 1.95 bits per heavy atom. The van der Waals surface area contributed by atoms with Gasteiger partial charge in [-0.05, 0) is 60.5 Å². The van der Waals surface area contributed by atoms with Gasteiger partial charge in [-0.15, -0.1) is 0 Å². The Morgan fingerprint density at radius 3 is 2.73 bits per heavy atom. The van der Waals surface area contributed by atoms with E-state index in [1.807, 2.05) is 6.26 Å². The van der Waals surface area contributed by atoms with Crippen LogP contribution in [0.15, 0.2) is 16.7 Å². The van der Waals surface area contributed by atoms with Gasteiger partial charge >= 0.3 is 0 Å². The fraction of sp³-hybridized carbons (Fsp3) is 0.800. The molecule has 0 bridgehead atoms. The van der Waals surface area contributed by atoms with Gasteiger partial charge in [-0.25, -0.2) is 0 Å². The quantitative estimate of drug-likeness (QED) is 0.738. The number of aliphatic hydroxyl groups is 1. The summed E-state index contributed by atoms with van der Waals surface area (Å²) < 4.78 is 5.80. The van der Waals surface area contributed by atoms with Crippen molar-refractivity contribution < 1.29 is 9.52 Å². The smallest absolute Gasteiger partial charge is 0.107 e. The van der Waals surface area contributed by atoms with Crippen molar-refractivity contribution in [2.75, 3.05) is 0 Å². The molecule has 2 saturated carbocycles. The monoisotopic (exact) mass is 302 g/mol. The van der Waals surface area contributed by atoms with Crippen LogP contribution in [0.2, 0.25) is 0 Å². The maximum Gasteiger partial charge on any atom is 0.107 e. The van der Waals surface area contributed by atoms with Gasteiger partial charge in [-0.2, -0.15) is 0 Å². The highest BCUT2D eigenvalue weighted by molar-refractivity contribution is 5.29. The van der Waals surface area contributed by atoms with E-state index in [9.17, 15) is 5.11 Å². The van der Waals surface area contributed by atoms with Crippen LogP contribution in [0, 0.1) is 22.7 Å². The minimum absolute atomic E-state index is 0.0242. The Kier molecular flexibility index (Phi) is 2.97. The number of hydrogen-bond acceptors (Lipinski definition) is 2. The third kappa shape index (κ3) is 1.60. The molecule has 0 spiro atoms. The summed E-state index contributed by atoms with van der Waals surface area (Å²) in [6.45, 7) is 9.32. The van der Waals surface area contributed by atoms with Crippen LogP contribution >= 0.6 is 0 Å². The third-order valence-corrected chi connectivity index (χ3v) is 8.05. The van der Waals surface area contributed by atoms with Crippen LogP contribution in [0.25, 0.3) is 0 Å². The lowest BCUT2D eigenvalue weighted by atomic mass is 9.41.